The number of unbranched alkanes of at least 4 members (excludes halogenated alkanes) is 1. The van der Waals surface area contributed by atoms with E-state index in [2.05, 4.69) is 6.92 Å². The summed E-state index contributed by atoms with van der Waals surface area (Å²) in [5, 5.41) is 8.56. The van der Waals surface area contributed by atoms with E-state index in [4.69, 9.17) is 9.84 Å². The number of hydrogen-bond acceptors (Lipinski definition) is 2. The average molecular weight is 136 g/mol. The van der Waals surface area contributed by atoms with Gasteiger partial charge in [-0.05, 0) is 13.3 Å². The van der Waals surface area contributed by atoms with E-state index in [0.717, 1.165) is 12.8 Å². The van der Waals surface area contributed by atoms with Crippen molar-refractivity contribution in [2.75, 3.05) is 6.61 Å². The van der Waals surface area contributed by atoms with Gasteiger partial charge in [-0.15, -0.1) is 0 Å². The van der Waals surface area contributed by atoms with Crippen LogP contribution in [0.25, 0.3) is 0 Å². The van der Waals surface area contributed by atoms with Gasteiger partial charge in [0.05, 0.1) is 0 Å². The van der Waals surface area contributed by atoms with Gasteiger partial charge >= 0.3 is 0 Å². The number of aliphatic hydroxyl groups is 1. The Kier molecular flexibility index (Phi) is 10.2. The summed E-state index contributed by atoms with van der Waals surface area (Å²) in [6, 6.07) is 0. The first-order valence-electron chi connectivity index (χ1n) is 3.07. The summed E-state index contributed by atoms with van der Waals surface area (Å²) in [7, 11) is 0. The molecule has 0 aromatic heterocycles. The Morgan fingerprint density at radius 2 is 2.11 bits per heavy atom. The zero-order valence-electron chi connectivity index (χ0n) is 6.05. The molecule has 1 unspecified atom stereocenters. The van der Waals surface area contributed by atoms with Crippen LogP contribution >= 0.6 is 0 Å². The molecule has 0 radical (unpaired) electrons. The van der Waals surface area contributed by atoms with Crippen molar-refractivity contribution in [2.24, 2.45) is 0 Å². The zero-order valence-corrected chi connectivity index (χ0v) is 6.05. The Balaban J connectivity index is 0. The summed E-state index contributed by atoms with van der Waals surface area (Å²) in [6.45, 7) is 4.38. The van der Waals surface area contributed by atoms with Gasteiger partial charge in [0.15, 0.2) is 6.29 Å². The molecule has 0 aromatic rings. The molecule has 3 N–H and O–H groups in total. The normalized spacial score (nSPS) is 12.3. The van der Waals surface area contributed by atoms with Crippen molar-refractivity contribution in [1.82, 2.24) is 0 Å². The molecule has 0 aliphatic heterocycles. The van der Waals surface area contributed by atoms with Crippen LogP contribution in [0.3, 0.4) is 0 Å². The van der Waals surface area contributed by atoms with Crippen molar-refractivity contribution in [1.29, 1.82) is 0 Å². The second kappa shape index (κ2) is 7.88. The lowest BCUT2D eigenvalue weighted by Gasteiger charge is -2.03. The summed E-state index contributed by atoms with van der Waals surface area (Å²) in [6.07, 6.45) is 1.55. The second-order valence-electron chi connectivity index (χ2n) is 1.82. The molecule has 0 rings (SSSR count). The first kappa shape index (κ1) is 11.6. The van der Waals surface area contributed by atoms with Gasteiger partial charge in [0, 0.05) is 6.61 Å². The quantitative estimate of drug-likeness (QED) is 0.447. The Morgan fingerprint density at radius 1 is 1.56 bits per heavy atom. The van der Waals surface area contributed by atoms with Crippen LogP contribution in [0.15, 0.2) is 0 Å². The highest BCUT2D eigenvalue weighted by Gasteiger charge is 1.90. The monoisotopic (exact) mass is 136 g/mol. The summed E-state index contributed by atoms with van der Waals surface area (Å²) >= 11 is 0. The molecule has 0 saturated carbocycles. The maximum absolute atomic E-state index is 8.56. The minimum absolute atomic E-state index is 0. The molecule has 0 heterocycles. The van der Waals surface area contributed by atoms with Gasteiger partial charge in [-0.1, -0.05) is 13.3 Å². The molecule has 58 valence electrons. The van der Waals surface area contributed by atoms with Crippen molar-refractivity contribution < 1.29 is 15.3 Å². The third-order valence-corrected chi connectivity index (χ3v) is 0.857. The standard InChI is InChI=1S/C6H14O2.H2O/c1-3-4-5-8-6(2)7;/h6-7H,3-5H2,1-2H3;1H2. The van der Waals surface area contributed by atoms with Crippen LogP contribution in [0.5, 0.6) is 0 Å². The molecule has 3 nitrogen and oxygen atoms in total. The van der Waals surface area contributed by atoms with E-state index in [0.29, 0.717) is 6.61 Å². The molecule has 1 atom stereocenters. The molecule has 0 aromatic carbocycles. The van der Waals surface area contributed by atoms with Crippen LogP contribution in [0, 0.1) is 0 Å². The molecule has 3 heteroatoms. The van der Waals surface area contributed by atoms with Gasteiger partial charge in [-0.3, -0.25) is 0 Å². The van der Waals surface area contributed by atoms with Gasteiger partial charge in [0.25, 0.3) is 0 Å². The fourth-order valence-corrected chi connectivity index (χ4v) is 0.398. The van der Waals surface area contributed by atoms with E-state index in [1.165, 1.54) is 0 Å². The second-order valence-corrected chi connectivity index (χ2v) is 1.82. The summed E-state index contributed by atoms with van der Waals surface area (Å²) < 4.78 is 4.84. The lowest BCUT2D eigenvalue weighted by Crippen LogP contribution is -2.06. The van der Waals surface area contributed by atoms with Crippen molar-refractivity contribution in [3.8, 4) is 0 Å². The van der Waals surface area contributed by atoms with E-state index >= 15 is 0 Å². The Labute approximate surface area is 56.0 Å². The van der Waals surface area contributed by atoms with Gasteiger partial charge in [-0.25, -0.2) is 0 Å². The molecule has 0 aliphatic rings. The van der Waals surface area contributed by atoms with Crippen molar-refractivity contribution in [3.63, 3.8) is 0 Å². The highest BCUT2D eigenvalue weighted by molar-refractivity contribution is 4.31. The van der Waals surface area contributed by atoms with Gasteiger partial charge in [-0.2, -0.15) is 0 Å². The molecule has 0 bridgehead atoms. The first-order chi connectivity index (χ1) is 3.77. The van der Waals surface area contributed by atoms with Gasteiger partial charge in [0.1, 0.15) is 0 Å². The van der Waals surface area contributed by atoms with Crippen molar-refractivity contribution in [3.05, 3.63) is 0 Å². The smallest absolute Gasteiger partial charge is 0.151 e. The lowest BCUT2D eigenvalue weighted by atomic mass is 10.4. The highest BCUT2D eigenvalue weighted by atomic mass is 16.6. The lowest BCUT2D eigenvalue weighted by molar-refractivity contribution is -0.0856. The zero-order chi connectivity index (χ0) is 6.41. The predicted octanol–water partition coefficient (Wildman–Crippen LogP) is 0.317. The number of aliphatic hydroxyl groups excluding tert-OH is 1. The molecule has 0 amide bonds. The maximum Gasteiger partial charge on any atom is 0.151 e. The molecule has 0 spiro atoms. The Bertz CT molecular complexity index is 45.6. The van der Waals surface area contributed by atoms with E-state index in [-0.39, 0.29) is 5.48 Å². The van der Waals surface area contributed by atoms with Crippen LogP contribution in [0.2, 0.25) is 0 Å². The van der Waals surface area contributed by atoms with Crippen molar-refractivity contribution in [2.45, 2.75) is 33.0 Å². The van der Waals surface area contributed by atoms with E-state index in [9.17, 15) is 0 Å². The number of ether oxygens (including phenoxy) is 1. The largest absolute Gasteiger partial charge is 0.412 e. The van der Waals surface area contributed by atoms with E-state index in [1.54, 1.807) is 6.92 Å². The van der Waals surface area contributed by atoms with E-state index < -0.39 is 6.29 Å². The Hall–Kier alpha value is -0.120. The molecule has 0 aliphatic carbocycles. The summed E-state index contributed by atoms with van der Waals surface area (Å²) in [4.78, 5) is 0. The third kappa shape index (κ3) is 11.4. The first-order valence-corrected chi connectivity index (χ1v) is 3.07. The third-order valence-electron chi connectivity index (χ3n) is 0.857. The van der Waals surface area contributed by atoms with Gasteiger partial charge < -0.3 is 15.3 Å². The summed E-state index contributed by atoms with van der Waals surface area (Å²) in [5.74, 6) is 0. The van der Waals surface area contributed by atoms with Crippen LogP contribution < -0.4 is 0 Å². The fraction of sp³-hybridized carbons (Fsp3) is 1.00. The maximum atomic E-state index is 8.56. The topological polar surface area (TPSA) is 61.0 Å². The number of rotatable bonds is 4. The van der Waals surface area contributed by atoms with Crippen molar-refractivity contribution >= 4 is 0 Å². The molecular weight excluding hydrogens is 120 g/mol. The van der Waals surface area contributed by atoms with Gasteiger partial charge in [0.2, 0.25) is 0 Å². The molecular formula is C6H16O3. The average Bonchev–Trinajstić information content (AvgIpc) is 1.66. The van der Waals surface area contributed by atoms with Crippen LogP contribution in [-0.4, -0.2) is 23.5 Å². The molecule has 0 saturated heterocycles. The van der Waals surface area contributed by atoms with Crippen LogP contribution in [0.1, 0.15) is 26.7 Å². The predicted molar refractivity (Wildman–Crippen MR) is 36.2 cm³/mol. The fourth-order valence-electron chi connectivity index (χ4n) is 0.398. The molecule has 9 heavy (non-hydrogen) atoms. The highest BCUT2D eigenvalue weighted by Crippen LogP contribution is 1.90. The minimum Gasteiger partial charge on any atom is -0.412 e. The molecule has 0 fully saturated rings. The van der Waals surface area contributed by atoms with E-state index in [1.807, 2.05) is 0 Å². The summed E-state index contributed by atoms with van der Waals surface area (Å²) in [5.41, 5.74) is 0. The number of hydrogen-bond donors (Lipinski definition) is 1. The SMILES string of the molecule is CCCCOC(C)O.O. The van der Waals surface area contributed by atoms with Crippen LogP contribution in [-0.2, 0) is 4.74 Å². The minimum atomic E-state index is -0.596. The Morgan fingerprint density at radius 3 is 2.44 bits per heavy atom. The van der Waals surface area contributed by atoms with Crippen LogP contribution in [0.4, 0.5) is 0 Å².